The highest BCUT2D eigenvalue weighted by molar-refractivity contribution is 9.10. The minimum Gasteiger partial charge on any atom is -0.497 e. The van der Waals surface area contributed by atoms with Gasteiger partial charge in [-0.1, -0.05) is 35.2 Å². The zero-order valence-corrected chi connectivity index (χ0v) is 19.0. The summed E-state index contributed by atoms with van der Waals surface area (Å²) in [5.41, 5.74) is 1.32. The quantitative estimate of drug-likeness (QED) is 0.577. The number of hydrogen-bond acceptors (Lipinski definition) is 4. The molecular formula is C23H33BrN2O3. The van der Waals surface area contributed by atoms with Gasteiger partial charge in [0, 0.05) is 23.6 Å². The van der Waals surface area contributed by atoms with Crippen molar-refractivity contribution in [2.75, 3.05) is 33.3 Å². The number of nitrogens with zero attached hydrogens (tertiary/aromatic N) is 2. The van der Waals surface area contributed by atoms with Crippen molar-refractivity contribution in [3.8, 4) is 5.75 Å². The van der Waals surface area contributed by atoms with Crippen molar-refractivity contribution in [2.24, 2.45) is 5.92 Å². The average Bonchev–Trinajstić information content (AvgIpc) is 3.35. The zero-order valence-electron chi connectivity index (χ0n) is 17.4. The molecule has 29 heavy (non-hydrogen) atoms. The summed E-state index contributed by atoms with van der Waals surface area (Å²) in [4.78, 5) is 16.8. The highest BCUT2D eigenvalue weighted by Crippen LogP contribution is 2.30. The summed E-state index contributed by atoms with van der Waals surface area (Å²) in [6, 6.07) is 6.63. The Balaban J connectivity index is 1.22. The fourth-order valence-electron chi connectivity index (χ4n) is 5.14. The van der Waals surface area contributed by atoms with Crippen molar-refractivity contribution in [3.05, 3.63) is 28.2 Å². The monoisotopic (exact) mass is 464 g/mol. The third-order valence-electron chi connectivity index (χ3n) is 6.82. The number of methoxy groups -OCH3 is 1. The Morgan fingerprint density at radius 1 is 1.17 bits per heavy atom. The number of likely N-dealkylation sites (tertiary alicyclic amines) is 1. The van der Waals surface area contributed by atoms with Crippen LogP contribution >= 0.6 is 15.9 Å². The number of halogens is 1. The molecule has 2 unspecified atom stereocenters. The Morgan fingerprint density at radius 3 is 2.79 bits per heavy atom. The lowest BCUT2D eigenvalue weighted by Gasteiger charge is -2.29. The largest absolute Gasteiger partial charge is 0.497 e. The number of amides is 1. The van der Waals surface area contributed by atoms with E-state index in [4.69, 9.17) is 9.47 Å². The summed E-state index contributed by atoms with van der Waals surface area (Å²) in [7, 11) is 1.72. The van der Waals surface area contributed by atoms with Gasteiger partial charge in [-0.25, -0.2) is 4.79 Å². The number of carbonyl (C=O) groups excluding carboxylic acids is 1. The fraction of sp³-hybridized carbons (Fsp3) is 0.696. The molecule has 2 aliphatic heterocycles. The second-order valence-electron chi connectivity index (χ2n) is 8.86. The molecule has 0 N–H and O–H groups in total. The molecule has 0 bridgehead atoms. The molecule has 6 heteroatoms. The Bertz CT molecular complexity index is 707. The van der Waals surface area contributed by atoms with Crippen molar-refractivity contribution >= 4 is 22.0 Å². The average molecular weight is 465 g/mol. The van der Waals surface area contributed by atoms with E-state index < -0.39 is 0 Å². The van der Waals surface area contributed by atoms with E-state index in [1.54, 1.807) is 7.11 Å². The number of ether oxygens (including phenoxy) is 2. The lowest BCUT2D eigenvalue weighted by Crippen LogP contribution is -2.38. The Hall–Kier alpha value is -1.27. The maximum absolute atomic E-state index is 12.3. The second-order valence-corrected chi connectivity index (χ2v) is 9.71. The summed E-state index contributed by atoms with van der Waals surface area (Å²) < 4.78 is 12.2. The van der Waals surface area contributed by atoms with Gasteiger partial charge in [0.2, 0.25) is 0 Å². The maximum atomic E-state index is 12.3. The van der Waals surface area contributed by atoms with E-state index >= 15 is 0 Å². The van der Waals surface area contributed by atoms with E-state index in [1.807, 2.05) is 11.0 Å². The molecule has 0 spiro atoms. The van der Waals surface area contributed by atoms with E-state index in [2.05, 4.69) is 33.0 Å². The van der Waals surface area contributed by atoms with E-state index in [0.717, 1.165) is 62.1 Å². The van der Waals surface area contributed by atoms with Gasteiger partial charge in [0.05, 0.1) is 13.7 Å². The first-order chi connectivity index (χ1) is 14.1. The lowest BCUT2D eigenvalue weighted by atomic mass is 9.94. The van der Waals surface area contributed by atoms with Crippen LogP contribution in [0.15, 0.2) is 22.7 Å². The molecule has 1 saturated carbocycles. The van der Waals surface area contributed by atoms with Crippen LogP contribution in [0.4, 0.5) is 4.79 Å². The topological polar surface area (TPSA) is 42.0 Å². The number of carbonyl (C=O) groups is 1. The van der Waals surface area contributed by atoms with Crippen LogP contribution in [0.2, 0.25) is 0 Å². The molecule has 2 atom stereocenters. The van der Waals surface area contributed by atoms with Crippen molar-refractivity contribution in [3.63, 3.8) is 0 Å². The van der Waals surface area contributed by atoms with Crippen molar-refractivity contribution in [1.29, 1.82) is 0 Å². The zero-order chi connectivity index (χ0) is 20.2. The van der Waals surface area contributed by atoms with Gasteiger partial charge >= 0.3 is 6.09 Å². The van der Waals surface area contributed by atoms with Crippen LogP contribution in [0.25, 0.3) is 0 Å². The van der Waals surface area contributed by atoms with Crippen molar-refractivity contribution in [2.45, 2.75) is 63.5 Å². The van der Waals surface area contributed by atoms with Gasteiger partial charge in [0.1, 0.15) is 11.9 Å². The van der Waals surface area contributed by atoms with Crippen molar-refractivity contribution < 1.29 is 14.3 Å². The first-order valence-corrected chi connectivity index (χ1v) is 11.9. The van der Waals surface area contributed by atoms with Gasteiger partial charge in [0.25, 0.3) is 0 Å². The van der Waals surface area contributed by atoms with Crippen LogP contribution in [0, 0.1) is 5.92 Å². The molecule has 4 rings (SSSR count). The van der Waals surface area contributed by atoms with Crippen LogP contribution < -0.4 is 4.74 Å². The maximum Gasteiger partial charge on any atom is 0.410 e. The van der Waals surface area contributed by atoms with Gasteiger partial charge < -0.3 is 19.3 Å². The van der Waals surface area contributed by atoms with Crippen molar-refractivity contribution in [1.82, 2.24) is 9.80 Å². The lowest BCUT2D eigenvalue weighted by molar-refractivity contribution is 0.117. The third-order valence-corrected chi connectivity index (χ3v) is 7.59. The number of cyclic esters (lactones) is 1. The van der Waals surface area contributed by atoms with Crippen LogP contribution in [-0.2, 0) is 11.2 Å². The van der Waals surface area contributed by atoms with E-state index in [-0.39, 0.29) is 12.2 Å². The van der Waals surface area contributed by atoms with E-state index in [1.165, 1.54) is 31.2 Å². The fourth-order valence-corrected chi connectivity index (χ4v) is 5.55. The molecule has 1 aromatic rings. The minimum atomic E-state index is -0.0796. The van der Waals surface area contributed by atoms with Gasteiger partial charge in [0.15, 0.2) is 0 Å². The van der Waals surface area contributed by atoms with Gasteiger partial charge in [-0.05, 0) is 68.3 Å². The molecule has 2 saturated heterocycles. The Kier molecular flexibility index (Phi) is 7.01. The number of hydrogen-bond donors (Lipinski definition) is 0. The predicted molar refractivity (Wildman–Crippen MR) is 117 cm³/mol. The van der Waals surface area contributed by atoms with Gasteiger partial charge in [-0.2, -0.15) is 0 Å². The number of benzene rings is 1. The third kappa shape index (κ3) is 5.26. The van der Waals surface area contributed by atoms with Crippen LogP contribution in [0.5, 0.6) is 5.75 Å². The Morgan fingerprint density at radius 2 is 2.00 bits per heavy atom. The highest BCUT2D eigenvalue weighted by atomic mass is 79.9. The minimum absolute atomic E-state index is 0.0657. The predicted octanol–water partition coefficient (Wildman–Crippen LogP) is 4.87. The molecule has 160 valence electrons. The molecule has 1 aliphatic carbocycles. The van der Waals surface area contributed by atoms with Gasteiger partial charge in [-0.15, -0.1) is 0 Å². The van der Waals surface area contributed by atoms with Crippen LogP contribution in [0.3, 0.4) is 0 Å². The molecular weight excluding hydrogens is 432 g/mol. The molecule has 0 aromatic heterocycles. The summed E-state index contributed by atoms with van der Waals surface area (Å²) in [5, 5.41) is 0. The summed E-state index contributed by atoms with van der Waals surface area (Å²) >= 11 is 3.68. The molecule has 1 aromatic carbocycles. The standard InChI is InChI=1S/C23H33BrN2O3/c1-28-20-7-8-22(24)18(14-20)13-17-9-11-25(15-17)12-10-21-16-26(23(27)29-21)19-5-3-2-4-6-19/h7-8,14,17,19,21H,2-6,9-13,15-16H2,1H3. The van der Waals surface area contributed by atoms with Crippen LogP contribution in [-0.4, -0.2) is 61.3 Å². The first kappa shape index (κ1) is 21.0. The Labute approximate surface area is 182 Å². The normalized spacial score (nSPS) is 26.1. The SMILES string of the molecule is COc1ccc(Br)c(CC2CCN(CCC3CN(C4CCCCC4)C(=O)O3)C2)c1. The molecule has 5 nitrogen and oxygen atoms in total. The molecule has 0 radical (unpaired) electrons. The smallest absolute Gasteiger partial charge is 0.410 e. The summed E-state index contributed by atoms with van der Waals surface area (Å²) in [6.07, 6.45) is 9.33. The molecule has 1 amide bonds. The van der Waals surface area contributed by atoms with E-state index in [0.29, 0.717) is 12.0 Å². The molecule has 3 fully saturated rings. The summed E-state index contributed by atoms with van der Waals surface area (Å²) in [5.74, 6) is 1.59. The van der Waals surface area contributed by atoms with Gasteiger partial charge in [-0.3, -0.25) is 0 Å². The molecule has 2 heterocycles. The van der Waals surface area contributed by atoms with Crippen LogP contribution in [0.1, 0.15) is 50.5 Å². The second kappa shape index (κ2) is 9.69. The number of rotatable bonds is 7. The molecule has 3 aliphatic rings. The summed E-state index contributed by atoms with van der Waals surface area (Å²) in [6.45, 7) is 4.07. The van der Waals surface area contributed by atoms with E-state index in [9.17, 15) is 4.79 Å². The first-order valence-electron chi connectivity index (χ1n) is 11.1. The highest BCUT2D eigenvalue weighted by Gasteiger charge is 2.36.